The number of rotatable bonds is 9. The molecule has 8 rings (SSSR count). The zero-order valence-electron chi connectivity index (χ0n) is 27.8. The number of anilines is 2. The average molecular weight is 840 g/mol. The van der Waals surface area contributed by atoms with Crippen LogP contribution in [0.3, 0.4) is 0 Å². The van der Waals surface area contributed by atoms with Gasteiger partial charge in [0.2, 0.25) is 21.8 Å². The van der Waals surface area contributed by atoms with E-state index in [2.05, 4.69) is 26.2 Å². The molecule has 3 fully saturated rings. The minimum atomic E-state index is -3.89. The van der Waals surface area contributed by atoms with Crippen LogP contribution in [0.1, 0.15) is 40.1 Å². The lowest BCUT2D eigenvalue weighted by atomic mass is 9.68. The number of ether oxygens (including phenoxy) is 2. The molecule has 2 bridgehead atoms. The molecule has 274 valence electrons. The number of aromatic nitrogens is 1. The first-order valence-corrected chi connectivity index (χ1v) is 20.8. The average Bonchev–Trinajstić information content (AvgIpc) is 3.86. The highest BCUT2D eigenvalue weighted by Gasteiger charge is 2.70. The molecule has 0 spiro atoms. The van der Waals surface area contributed by atoms with E-state index in [1.807, 2.05) is 6.07 Å². The van der Waals surface area contributed by atoms with Crippen LogP contribution in [0, 0.1) is 29.6 Å². The number of benzene rings is 3. The molecule has 0 radical (unpaired) electrons. The molecular formula is C36H31BrN4O9S3. The number of primary sulfonamides is 1. The number of hydrogen-bond donors (Lipinski definition) is 3. The lowest BCUT2D eigenvalue weighted by Crippen LogP contribution is -2.42. The van der Waals surface area contributed by atoms with Crippen LogP contribution in [0.5, 0.6) is 5.75 Å². The topological polar surface area (TPSA) is 195 Å². The molecule has 13 nitrogen and oxygen atoms in total. The van der Waals surface area contributed by atoms with E-state index in [9.17, 15) is 32.4 Å². The number of nitrogens with one attached hydrogen (secondary N) is 2. The van der Waals surface area contributed by atoms with Crippen LogP contribution in [0.25, 0.3) is 0 Å². The number of thiazole rings is 1. The quantitative estimate of drug-likeness (QED) is 0.157. The maximum atomic E-state index is 14.2. The summed E-state index contributed by atoms with van der Waals surface area (Å²) in [4.78, 5) is 71.1. The van der Waals surface area contributed by atoms with Gasteiger partial charge in [0.25, 0.3) is 5.91 Å². The van der Waals surface area contributed by atoms with Crippen molar-refractivity contribution in [1.82, 2.24) is 4.98 Å². The van der Waals surface area contributed by atoms with Gasteiger partial charge in [0.05, 0.1) is 39.6 Å². The van der Waals surface area contributed by atoms with Crippen molar-refractivity contribution >= 4 is 84.1 Å². The van der Waals surface area contributed by atoms with Crippen molar-refractivity contribution in [2.24, 2.45) is 34.7 Å². The number of thioether (sulfide) groups is 1. The molecule has 17 heteroatoms. The second-order valence-corrected chi connectivity index (χ2v) is 18.0. The van der Waals surface area contributed by atoms with Crippen molar-refractivity contribution in [3.05, 3.63) is 96.9 Å². The van der Waals surface area contributed by atoms with Gasteiger partial charge in [-0.25, -0.2) is 18.4 Å². The maximum Gasteiger partial charge on any atom is 0.338 e. The van der Waals surface area contributed by atoms with Gasteiger partial charge in [-0.05, 0) is 97.8 Å². The second kappa shape index (κ2) is 13.5. The van der Waals surface area contributed by atoms with Crippen LogP contribution in [0.4, 0.5) is 11.4 Å². The zero-order chi connectivity index (χ0) is 37.3. The number of hydrogen-bond acceptors (Lipinski definition) is 11. The fourth-order valence-corrected chi connectivity index (χ4v) is 12.3. The number of sulfonamides is 1. The van der Waals surface area contributed by atoms with Gasteiger partial charge in [0.1, 0.15) is 5.75 Å². The molecular weight excluding hydrogens is 809 g/mol. The van der Waals surface area contributed by atoms with Gasteiger partial charge in [0.15, 0.2) is 6.61 Å². The fourth-order valence-electron chi connectivity index (χ4n) is 8.54. The Morgan fingerprint density at radius 2 is 1.70 bits per heavy atom. The van der Waals surface area contributed by atoms with E-state index < -0.39 is 33.7 Å². The van der Waals surface area contributed by atoms with Gasteiger partial charge in [0, 0.05) is 31.8 Å². The van der Waals surface area contributed by atoms with Gasteiger partial charge < -0.3 is 19.8 Å². The number of fused-ring (bicyclic) bond motifs is 9. The summed E-state index contributed by atoms with van der Waals surface area (Å²) in [6, 6.07) is 17.2. The van der Waals surface area contributed by atoms with Crippen LogP contribution in [0.15, 0.2) is 85.9 Å². The molecule has 3 heterocycles. The highest BCUT2D eigenvalue weighted by molar-refractivity contribution is 9.10. The SMILES string of the molecule is CCOC(=O)c1ccc(N2C(=O)C3C4CC(C3C2=O)C2C4Sc3[nH]c(=O)sc3[C@@H]2c2cc(Br)ccc2OCC(=O)Nc2ccc(S(N)(=O)=O)cc2)cc1. The molecule has 53 heavy (non-hydrogen) atoms. The van der Waals surface area contributed by atoms with E-state index in [4.69, 9.17) is 14.6 Å². The van der Waals surface area contributed by atoms with Crippen LogP contribution >= 0.6 is 39.0 Å². The van der Waals surface area contributed by atoms with Crippen LogP contribution in [0.2, 0.25) is 0 Å². The number of imide groups is 1. The number of aromatic amines is 1. The van der Waals surface area contributed by atoms with E-state index >= 15 is 0 Å². The number of halogens is 1. The number of carbonyl (C=O) groups excluding carboxylic acids is 4. The Bertz CT molecular complexity index is 2350. The smallest absolute Gasteiger partial charge is 0.338 e. The Hall–Kier alpha value is -4.29. The molecule has 1 saturated heterocycles. The Labute approximate surface area is 319 Å². The van der Waals surface area contributed by atoms with Crippen molar-refractivity contribution in [3.63, 3.8) is 0 Å². The van der Waals surface area contributed by atoms with Crippen molar-refractivity contribution in [2.45, 2.75) is 34.4 Å². The Morgan fingerprint density at radius 3 is 2.38 bits per heavy atom. The highest BCUT2D eigenvalue weighted by atomic mass is 79.9. The molecule has 6 unspecified atom stereocenters. The molecule has 2 aliphatic carbocycles. The predicted octanol–water partition coefficient (Wildman–Crippen LogP) is 4.72. The van der Waals surface area contributed by atoms with Crippen molar-refractivity contribution in [2.75, 3.05) is 23.4 Å². The largest absolute Gasteiger partial charge is 0.483 e. The summed E-state index contributed by atoms with van der Waals surface area (Å²) in [6.07, 6.45) is 0.678. The Morgan fingerprint density at radius 1 is 1.00 bits per heavy atom. The van der Waals surface area contributed by atoms with Crippen molar-refractivity contribution in [1.29, 1.82) is 0 Å². The minimum Gasteiger partial charge on any atom is -0.483 e. The third-order valence-electron chi connectivity index (χ3n) is 10.5. The lowest BCUT2D eigenvalue weighted by molar-refractivity contribution is -0.123. The summed E-state index contributed by atoms with van der Waals surface area (Å²) in [7, 11) is -3.89. The second-order valence-electron chi connectivity index (χ2n) is 13.3. The van der Waals surface area contributed by atoms with E-state index in [0.29, 0.717) is 29.1 Å². The summed E-state index contributed by atoms with van der Waals surface area (Å²) in [5.41, 5.74) is 1.82. The number of H-pyrrole nitrogens is 1. The Kier molecular flexibility index (Phi) is 9.12. The molecule has 2 saturated carbocycles. The number of nitrogens with zero attached hydrogens (tertiary/aromatic N) is 1. The van der Waals surface area contributed by atoms with Crippen molar-refractivity contribution in [3.8, 4) is 5.75 Å². The zero-order valence-corrected chi connectivity index (χ0v) is 31.9. The summed E-state index contributed by atoms with van der Waals surface area (Å²) >= 11 is 6.26. The third kappa shape index (κ3) is 6.21. The standard InChI is InChI=1S/C36H31BrN4O9S3/c1-2-49-35(45)16-3-8-19(9-4-16)41-33(43)28-22-14-23(29(28)34(41)44)30-27(22)26(31-32(51-30)40-36(46)52-31)21-13-17(37)5-12-24(21)50-15-25(42)39-18-6-10-20(11-7-18)53(38,47)48/h3-13,22-23,26-30H,2,14-15H2,1H3,(H,39,42)(H,40,46)(H2,38,47,48)/t22?,23?,26-,27?,28?,29?,30?/m1/s1. The van der Waals surface area contributed by atoms with E-state index in [-0.39, 0.29) is 63.7 Å². The number of nitrogens with two attached hydrogens (primary N) is 1. The fraction of sp³-hybridized carbons (Fsp3) is 0.306. The van der Waals surface area contributed by atoms with Crippen molar-refractivity contribution < 1.29 is 37.1 Å². The van der Waals surface area contributed by atoms with Gasteiger partial charge in [-0.15, -0.1) is 11.8 Å². The Balaban J connectivity index is 1.08. The van der Waals surface area contributed by atoms with Crippen LogP contribution in [-0.4, -0.2) is 55.6 Å². The summed E-state index contributed by atoms with van der Waals surface area (Å²) in [6.45, 7) is 1.57. The van der Waals surface area contributed by atoms with Gasteiger partial charge in [-0.2, -0.15) is 0 Å². The lowest BCUT2D eigenvalue weighted by Gasteiger charge is -2.43. The van der Waals surface area contributed by atoms with Crippen LogP contribution < -0.4 is 25.0 Å². The van der Waals surface area contributed by atoms with Gasteiger partial charge in [-0.1, -0.05) is 27.3 Å². The normalized spacial score (nSPS) is 25.5. The first kappa shape index (κ1) is 35.7. The molecule has 3 amide bonds. The maximum absolute atomic E-state index is 14.2. The molecule has 4 aliphatic rings. The monoisotopic (exact) mass is 838 g/mol. The molecule has 4 N–H and O–H groups in total. The van der Waals surface area contributed by atoms with Gasteiger partial charge >= 0.3 is 10.8 Å². The van der Waals surface area contributed by atoms with Gasteiger partial charge in [-0.3, -0.25) is 24.1 Å². The minimum absolute atomic E-state index is 0.0812. The number of carbonyl (C=O) groups is 4. The number of esters is 1. The molecule has 3 aromatic carbocycles. The summed E-state index contributed by atoms with van der Waals surface area (Å²) in [5.74, 6) is -2.95. The summed E-state index contributed by atoms with van der Waals surface area (Å²) in [5, 5.41) is 8.51. The highest BCUT2D eigenvalue weighted by Crippen LogP contribution is 2.69. The van der Waals surface area contributed by atoms with E-state index in [0.717, 1.165) is 31.3 Å². The summed E-state index contributed by atoms with van der Waals surface area (Å²) < 4.78 is 35.2. The molecule has 1 aromatic heterocycles. The molecule has 4 aromatic rings. The molecule has 2 aliphatic heterocycles. The van der Waals surface area contributed by atoms with E-state index in [1.165, 1.54) is 29.2 Å². The predicted molar refractivity (Wildman–Crippen MR) is 199 cm³/mol. The first-order valence-electron chi connectivity index (χ1n) is 16.7. The van der Waals surface area contributed by atoms with E-state index in [1.54, 1.807) is 55.1 Å². The van der Waals surface area contributed by atoms with Crippen LogP contribution in [-0.2, 0) is 29.1 Å². The first-order chi connectivity index (χ1) is 25.3. The molecule has 7 atom stereocenters. The third-order valence-corrected chi connectivity index (χ3v) is 14.5. The number of amides is 3.